The van der Waals surface area contributed by atoms with Crippen molar-refractivity contribution < 1.29 is 4.79 Å². The minimum atomic E-state index is -0.254. The lowest BCUT2D eigenvalue weighted by Crippen LogP contribution is -2.11. The molecule has 20 heavy (non-hydrogen) atoms. The molecule has 0 atom stereocenters. The number of carbonyl (C=O) groups is 1. The summed E-state index contributed by atoms with van der Waals surface area (Å²) in [6.07, 6.45) is 2.79. The Morgan fingerprint density at radius 2 is 2.15 bits per heavy atom. The Morgan fingerprint density at radius 3 is 2.85 bits per heavy atom. The smallest absolute Gasteiger partial charge is 0.217 e. The monoisotopic (exact) mass is 294 g/mol. The van der Waals surface area contributed by atoms with E-state index in [1.165, 1.54) is 0 Å². The van der Waals surface area contributed by atoms with Gasteiger partial charge in [-0.05, 0) is 31.9 Å². The molecule has 0 aromatic carbocycles. The maximum absolute atomic E-state index is 10.8. The zero-order valence-corrected chi connectivity index (χ0v) is 12.4. The summed E-state index contributed by atoms with van der Waals surface area (Å²) >= 11 is 5.83. The van der Waals surface area contributed by atoms with E-state index in [0.29, 0.717) is 18.7 Å². The Hall–Kier alpha value is -1.62. The highest BCUT2D eigenvalue weighted by Gasteiger charge is 2.11. The van der Waals surface area contributed by atoms with E-state index in [-0.39, 0.29) is 5.91 Å². The van der Waals surface area contributed by atoms with Gasteiger partial charge in [0.2, 0.25) is 5.91 Å². The highest BCUT2D eigenvalue weighted by atomic mass is 35.5. The van der Waals surface area contributed by atoms with Gasteiger partial charge in [-0.2, -0.15) is 0 Å². The molecule has 0 saturated heterocycles. The quantitative estimate of drug-likeness (QED) is 0.628. The number of nitrogens with zero attached hydrogens (tertiary/aromatic N) is 3. The van der Waals surface area contributed by atoms with Crippen molar-refractivity contribution in [2.75, 3.05) is 5.88 Å². The Morgan fingerprint density at radius 1 is 1.35 bits per heavy atom. The van der Waals surface area contributed by atoms with Crippen molar-refractivity contribution in [3.05, 3.63) is 23.7 Å². The largest absolute Gasteiger partial charge is 0.370 e. The molecule has 0 aliphatic carbocycles. The average molecular weight is 295 g/mol. The molecule has 1 amide bonds. The van der Waals surface area contributed by atoms with Crippen LogP contribution >= 0.6 is 11.6 Å². The summed E-state index contributed by atoms with van der Waals surface area (Å²) in [5, 5.41) is 0. The molecule has 5 nitrogen and oxygen atoms in total. The summed E-state index contributed by atoms with van der Waals surface area (Å²) in [7, 11) is 0. The molecule has 6 heteroatoms. The van der Waals surface area contributed by atoms with Crippen LogP contribution in [0.1, 0.15) is 30.8 Å². The maximum atomic E-state index is 10.8. The molecule has 0 spiro atoms. The van der Waals surface area contributed by atoms with Gasteiger partial charge in [0.15, 0.2) is 5.65 Å². The highest BCUT2D eigenvalue weighted by molar-refractivity contribution is 6.17. The number of fused-ring (bicyclic) bond motifs is 1. The SMILES string of the molecule is Cc1ccc2nc(CCCl)n(CCCCC(N)=O)c2n1. The number of carbonyl (C=O) groups excluding carboxylic acids is 1. The third-order valence-electron chi connectivity index (χ3n) is 3.18. The van der Waals surface area contributed by atoms with Crippen molar-refractivity contribution in [3.8, 4) is 0 Å². The van der Waals surface area contributed by atoms with Gasteiger partial charge in [-0.1, -0.05) is 0 Å². The molecule has 2 aromatic rings. The predicted molar refractivity (Wildman–Crippen MR) is 79.7 cm³/mol. The number of pyridine rings is 1. The lowest BCUT2D eigenvalue weighted by molar-refractivity contribution is -0.118. The van der Waals surface area contributed by atoms with E-state index in [4.69, 9.17) is 17.3 Å². The summed E-state index contributed by atoms with van der Waals surface area (Å²) in [4.78, 5) is 19.9. The Labute approximate surface area is 123 Å². The first kappa shape index (κ1) is 14.8. The number of aryl methyl sites for hydroxylation is 3. The molecule has 2 heterocycles. The number of aromatic nitrogens is 3. The van der Waals surface area contributed by atoms with Gasteiger partial charge in [-0.15, -0.1) is 11.6 Å². The zero-order chi connectivity index (χ0) is 14.5. The Kier molecular flexibility index (Phi) is 4.95. The van der Waals surface area contributed by atoms with Crippen LogP contribution in [0.25, 0.3) is 11.2 Å². The van der Waals surface area contributed by atoms with Gasteiger partial charge in [-0.3, -0.25) is 4.79 Å². The summed E-state index contributed by atoms with van der Waals surface area (Å²) in [5.74, 6) is 1.23. The standard InChI is InChI=1S/C14H19ClN4O/c1-10-5-6-11-14(17-10)19(13(18-11)7-8-15)9-3-2-4-12(16)20/h5-6H,2-4,7-9H2,1H3,(H2,16,20). The fourth-order valence-corrected chi connectivity index (χ4v) is 2.39. The molecule has 2 aromatic heterocycles. The minimum Gasteiger partial charge on any atom is -0.370 e. The number of hydrogen-bond acceptors (Lipinski definition) is 3. The summed E-state index contributed by atoms with van der Waals surface area (Å²) in [6.45, 7) is 2.75. The molecule has 0 bridgehead atoms. The third-order valence-corrected chi connectivity index (χ3v) is 3.37. The van der Waals surface area contributed by atoms with Crippen LogP contribution in [0.4, 0.5) is 0 Å². The number of hydrogen-bond donors (Lipinski definition) is 1. The molecule has 108 valence electrons. The molecule has 0 saturated carbocycles. The zero-order valence-electron chi connectivity index (χ0n) is 11.6. The van der Waals surface area contributed by atoms with E-state index in [0.717, 1.165) is 42.1 Å². The molecule has 0 aliphatic heterocycles. The van der Waals surface area contributed by atoms with E-state index in [1.807, 2.05) is 19.1 Å². The predicted octanol–water partition coefficient (Wildman–Crippen LogP) is 2.18. The van der Waals surface area contributed by atoms with Gasteiger partial charge >= 0.3 is 0 Å². The number of unbranched alkanes of at least 4 members (excludes halogenated alkanes) is 1. The third kappa shape index (κ3) is 3.48. The van der Waals surface area contributed by atoms with Crippen molar-refractivity contribution in [1.82, 2.24) is 14.5 Å². The average Bonchev–Trinajstić information content (AvgIpc) is 2.72. The second kappa shape index (κ2) is 6.70. The van der Waals surface area contributed by atoms with Gasteiger partial charge in [-0.25, -0.2) is 9.97 Å². The van der Waals surface area contributed by atoms with E-state index in [2.05, 4.69) is 14.5 Å². The molecular formula is C14H19ClN4O. The minimum absolute atomic E-state index is 0.254. The van der Waals surface area contributed by atoms with Crippen LogP contribution in [0.3, 0.4) is 0 Å². The molecular weight excluding hydrogens is 276 g/mol. The number of rotatable bonds is 7. The molecule has 0 unspecified atom stereocenters. The fraction of sp³-hybridized carbons (Fsp3) is 0.500. The summed E-state index contributed by atoms with van der Waals surface area (Å²) in [6, 6.07) is 3.94. The van der Waals surface area contributed by atoms with E-state index in [9.17, 15) is 4.79 Å². The highest BCUT2D eigenvalue weighted by Crippen LogP contribution is 2.17. The summed E-state index contributed by atoms with van der Waals surface area (Å²) < 4.78 is 2.10. The first-order chi connectivity index (χ1) is 9.61. The van der Waals surface area contributed by atoms with E-state index < -0.39 is 0 Å². The summed E-state index contributed by atoms with van der Waals surface area (Å²) in [5.41, 5.74) is 7.90. The topological polar surface area (TPSA) is 73.8 Å². The van der Waals surface area contributed by atoms with Crippen molar-refractivity contribution >= 4 is 28.7 Å². The molecule has 0 aliphatic rings. The molecule has 2 rings (SSSR count). The van der Waals surface area contributed by atoms with Crippen molar-refractivity contribution in [2.45, 2.75) is 39.2 Å². The number of halogens is 1. The van der Waals surface area contributed by atoms with E-state index in [1.54, 1.807) is 0 Å². The van der Waals surface area contributed by atoms with E-state index >= 15 is 0 Å². The van der Waals surface area contributed by atoms with Crippen molar-refractivity contribution in [3.63, 3.8) is 0 Å². The molecule has 0 radical (unpaired) electrons. The Bertz CT molecular complexity index is 608. The van der Waals surface area contributed by atoms with Crippen LogP contribution in [0.2, 0.25) is 0 Å². The number of alkyl halides is 1. The lowest BCUT2D eigenvalue weighted by atomic mass is 10.2. The van der Waals surface area contributed by atoms with Gasteiger partial charge in [0.25, 0.3) is 0 Å². The number of primary amides is 1. The van der Waals surface area contributed by atoms with Crippen LogP contribution in [-0.4, -0.2) is 26.3 Å². The molecule has 2 N–H and O–H groups in total. The molecule has 0 fully saturated rings. The van der Waals surface area contributed by atoms with Crippen LogP contribution in [0.15, 0.2) is 12.1 Å². The number of imidazole rings is 1. The van der Waals surface area contributed by atoms with Gasteiger partial charge < -0.3 is 10.3 Å². The Balaban J connectivity index is 2.21. The van der Waals surface area contributed by atoms with Crippen molar-refractivity contribution in [2.24, 2.45) is 5.73 Å². The first-order valence-electron chi connectivity index (χ1n) is 6.79. The van der Waals surface area contributed by atoms with Gasteiger partial charge in [0.05, 0.1) is 0 Å². The lowest BCUT2D eigenvalue weighted by Gasteiger charge is -2.07. The van der Waals surface area contributed by atoms with Crippen LogP contribution < -0.4 is 5.73 Å². The van der Waals surface area contributed by atoms with Crippen LogP contribution in [-0.2, 0) is 17.8 Å². The van der Waals surface area contributed by atoms with Crippen molar-refractivity contribution in [1.29, 1.82) is 0 Å². The normalized spacial score (nSPS) is 11.1. The number of nitrogens with two attached hydrogens (primary N) is 1. The van der Waals surface area contributed by atoms with Gasteiger partial charge in [0, 0.05) is 31.0 Å². The second-order valence-corrected chi connectivity index (χ2v) is 5.22. The maximum Gasteiger partial charge on any atom is 0.217 e. The fourth-order valence-electron chi connectivity index (χ4n) is 2.22. The number of amides is 1. The second-order valence-electron chi connectivity index (χ2n) is 4.84. The van der Waals surface area contributed by atoms with Crippen LogP contribution in [0, 0.1) is 6.92 Å². The van der Waals surface area contributed by atoms with Gasteiger partial charge in [0.1, 0.15) is 11.3 Å². The van der Waals surface area contributed by atoms with Crippen LogP contribution in [0.5, 0.6) is 0 Å². The first-order valence-corrected chi connectivity index (χ1v) is 7.32.